The van der Waals surface area contributed by atoms with Gasteiger partial charge >= 0.3 is 5.69 Å². The van der Waals surface area contributed by atoms with Crippen LogP contribution >= 0.6 is 0 Å². The topological polar surface area (TPSA) is 53.1 Å². The van der Waals surface area contributed by atoms with Gasteiger partial charge in [-0.2, -0.15) is 0 Å². The third kappa shape index (κ3) is 2.86. The molecule has 0 bridgehead atoms. The highest BCUT2D eigenvalue weighted by molar-refractivity contribution is 5.89. The number of fused-ring (bicyclic) bond motifs is 1. The maximum atomic E-state index is 14.5. The van der Waals surface area contributed by atoms with E-state index in [2.05, 4.69) is 10.3 Å². The molecule has 0 spiro atoms. The highest BCUT2D eigenvalue weighted by Crippen LogP contribution is 2.30. The van der Waals surface area contributed by atoms with Crippen molar-refractivity contribution >= 4 is 16.7 Å². The molecule has 3 aromatic rings. The number of hydrogen-bond acceptors (Lipinski definition) is 3. The summed E-state index contributed by atoms with van der Waals surface area (Å²) in [5, 5.41) is 3.15. The number of imidazole rings is 1. The Kier molecular flexibility index (Phi) is 4.20. The molecule has 1 aromatic heterocycles. The summed E-state index contributed by atoms with van der Waals surface area (Å²) in [5.74, 6) is -2.41. The minimum absolute atomic E-state index is 0.0582. The molecule has 0 atom stereocenters. The van der Waals surface area contributed by atoms with Gasteiger partial charge in [-0.3, -0.25) is 4.57 Å². The smallest absolute Gasteiger partial charge is 0.326 e. The third-order valence-corrected chi connectivity index (χ3v) is 4.60. The van der Waals surface area contributed by atoms with Gasteiger partial charge in [-0.1, -0.05) is 12.1 Å². The zero-order chi connectivity index (χ0) is 18.3. The van der Waals surface area contributed by atoms with Crippen molar-refractivity contribution in [3.63, 3.8) is 0 Å². The van der Waals surface area contributed by atoms with Crippen LogP contribution in [0.25, 0.3) is 11.0 Å². The number of benzene rings is 2. The zero-order valence-corrected chi connectivity index (χ0v) is 13.9. The minimum Gasteiger partial charge on any atom is -0.365 e. The van der Waals surface area contributed by atoms with E-state index >= 15 is 0 Å². The van der Waals surface area contributed by atoms with Crippen molar-refractivity contribution < 1.29 is 13.2 Å². The van der Waals surface area contributed by atoms with E-state index in [1.807, 2.05) is 0 Å². The molecule has 5 nitrogen and oxygen atoms in total. The van der Waals surface area contributed by atoms with E-state index in [0.717, 1.165) is 6.07 Å². The van der Waals surface area contributed by atoms with Crippen molar-refractivity contribution in [2.45, 2.75) is 6.54 Å². The van der Waals surface area contributed by atoms with Crippen LogP contribution < -0.4 is 15.9 Å². The predicted octanol–water partition coefficient (Wildman–Crippen LogP) is 2.20. The molecule has 1 aliphatic heterocycles. The van der Waals surface area contributed by atoms with Crippen LogP contribution in [-0.4, -0.2) is 35.7 Å². The summed E-state index contributed by atoms with van der Waals surface area (Å²) in [4.78, 5) is 16.8. The van der Waals surface area contributed by atoms with Crippen LogP contribution in [0.1, 0.15) is 5.56 Å². The Morgan fingerprint density at radius 3 is 2.58 bits per heavy atom. The number of aromatic amines is 1. The number of hydrogen-bond donors (Lipinski definition) is 2. The van der Waals surface area contributed by atoms with Crippen molar-refractivity contribution in [2.75, 3.05) is 31.1 Å². The van der Waals surface area contributed by atoms with Gasteiger partial charge in [-0.15, -0.1) is 0 Å². The number of anilines is 1. The van der Waals surface area contributed by atoms with Gasteiger partial charge in [0, 0.05) is 32.2 Å². The summed E-state index contributed by atoms with van der Waals surface area (Å²) in [6.07, 6.45) is 0. The summed E-state index contributed by atoms with van der Waals surface area (Å²) >= 11 is 0. The first-order valence-corrected chi connectivity index (χ1v) is 8.35. The molecule has 136 valence electrons. The van der Waals surface area contributed by atoms with E-state index in [4.69, 9.17) is 0 Å². The number of H-pyrrole nitrogens is 1. The highest BCUT2D eigenvalue weighted by atomic mass is 19.2. The molecular formula is C18H17F3N4O. The first-order valence-electron chi connectivity index (χ1n) is 8.35. The summed E-state index contributed by atoms with van der Waals surface area (Å²) in [6, 6.07) is 6.83. The maximum Gasteiger partial charge on any atom is 0.326 e. The van der Waals surface area contributed by atoms with Gasteiger partial charge in [-0.05, 0) is 17.7 Å². The van der Waals surface area contributed by atoms with Gasteiger partial charge in [0.05, 0.1) is 17.6 Å². The number of rotatable bonds is 3. The van der Waals surface area contributed by atoms with Crippen molar-refractivity contribution in [1.29, 1.82) is 0 Å². The van der Waals surface area contributed by atoms with Gasteiger partial charge in [-0.25, -0.2) is 18.0 Å². The van der Waals surface area contributed by atoms with E-state index in [9.17, 15) is 18.0 Å². The lowest BCUT2D eigenvalue weighted by molar-refractivity contribution is 0.501. The summed E-state index contributed by atoms with van der Waals surface area (Å²) in [7, 11) is 0. The van der Waals surface area contributed by atoms with E-state index in [1.165, 1.54) is 22.8 Å². The number of aromatic nitrogens is 2. The monoisotopic (exact) mass is 362 g/mol. The molecule has 1 fully saturated rings. The molecule has 2 aromatic carbocycles. The fourth-order valence-electron chi connectivity index (χ4n) is 3.38. The second kappa shape index (κ2) is 6.53. The SMILES string of the molecule is O=c1[nH]c2c(N3CCNCC3)c(F)c(F)cc2n1Cc1cccc(F)c1. The van der Waals surface area contributed by atoms with Gasteiger partial charge in [0.1, 0.15) is 11.5 Å². The van der Waals surface area contributed by atoms with Crippen molar-refractivity contribution in [3.05, 3.63) is 63.8 Å². The maximum absolute atomic E-state index is 14.5. The predicted molar refractivity (Wildman–Crippen MR) is 93.1 cm³/mol. The largest absolute Gasteiger partial charge is 0.365 e. The Morgan fingerprint density at radius 2 is 1.85 bits per heavy atom. The molecule has 2 heterocycles. The lowest BCUT2D eigenvalue weighted by atomic mass is 10.2. The van der Waals surface area contributed by atoms with Crippen molar-refractivity contribution in [2.24, 2.45) is 0 Å². The zero-order valence-electron chi connectivity index (χ0n) is 13.9. The van der Waals surface area contributed by atoms with E-state index in [0.29, 0.717) is 31.7 Å². The average molecular weight is 362 g/mol. The standard InChI is InChI=1S/C18H17F3N4O/c19-12-3-1-2-11(8-12)10-25-14-9-13(20)15(21)17(16(14)23-18(25)26)24-6-4-22-5-7-24/h1-3,8-9,22H,4-7,10H2,(H,23,26). The van der Waals surface area contributed by atoms with Crippen LogP contribution in [-0.2, 0) is 6.54 Å². The van der Waals surface area contributed by atoms with Crippen LogP contribution in [0.3, 0.4) is 0 Å². The summed E-state index contributed by atoms with van der Waals surface area (Å²) in [6.45, 7) is 2.36. The van der Waals surface area contributed by atoms with Crippen LogP contribution in [0.5, 0.6) is 0 Å². The van der Waals surface area contributed by atoms with Gasteiger partial charge in [0.25, 0.3) is 0 Å². The van der Waals surface area contributed by atoms with E-state index in [-0.39, 0.29) is 23.3 Å². The molecule has 1 aliphatic rings. The first-order chi connectivity index (χ1) is 12.5. The van der Waals surface area contributed by atoms with Gasteiger partial charge in [0.2, 0.25) is 0 Å². The molecule has 4 rings (SSSR count). The fraction of sp³-hybridized carbons (Fsp3) is 0.278. The second-order valence-electron chi connectivity index (χ2n) is 6.30. The normalized spacial score (nSPS) is 15.0. The molecule has 26 heavy (non-hydrogen) atoms. The Labute approximate surface area is 147 Å². The summed E-state index contributed by atoms with van der Waals surface area (Å²) in [5.41, 5.74) is 0.641. The van der Waals surface area contributed by atoms with Gasteiger partial charge < -0.3 is 15.2 Å². The van der Waals surface area contributed by atoms with E-state index in [1.54, 1.807) is 11.0 Å². The highest BCUT2D eigenvalue weighted by Gasteiger charge is 2.24. The Morgan fingerprint density at radius 1 is 1.08 bits per heavy atom. The third-order valence-electron chi connectivity index (χ3n) is 4.60. The molecule has 0 unspecified atom stereocenters. The number of piperazine rings is 1. The van der Waals surface area contributed by atoms with Crippen molar-refractivity contribution in [3.8, 4) is 0 Å². The van der Waals surface area contributed by atoms with Gasteiger partial charge in [0.15, 0.2) is 11.6 Å². The molecule has 1 saturated heterocycles. The lowest BCUT2D eigenvalue weighted by Gasteiger charge is -2.30. The molecule has 0 aliphatic carbocycles. The minimum atomic E-state index is -1.02. The number of nitrogens with one attached hydrogen (secondary N) is 2. The Bertz CT molecular complexity index is 1020. The molecule has 8 heteroatoms. The molecular weight excluding hydrogens is 345 g/mol. The van der Waals surface area contributed by atoms with Crippen LogP contribution in [0.4, 0.5) is 18.9 Å². The molecule has 0 amide bonds. The number of nitrogens with zero attached hydrogens (tertiary/aromatic N) is 2. The lowest BCUT2D eigenvalue weighted by Crippen LogP contribution is -2.44. The molecule has 2 N–H and O–H groups in total. The Hall–Kier alpha value is -2.74. The second-order valence-corrected chi connectivity index (χ2v) is 6.30. The van der Waals surface area contributed by atoms with Crippen LogP contribution in [0.2, 0.25) is 0 Å². The fourth-order valence-corrected chi connectivity index (χ4v) is 3.38. The van der Waals surface area contributed by atoms with Crippen LogP contribution in [0, 0.1) is 17.5 Å². The summed E-state index contributed by atoms with van der Waals surface area (Å²) < 4.78 is 43.5. The van der Waals surface area contributed by atoms with Crippen LogP contribution in [0.15, 0.2) is 35.1 Å². The van der Waals surface area contributed by atoms with E-state index < -0.39 is 23.1 Å². The quantitative estimate of drug-likeness (QED) is 0.751. The van der Waals surface area contributed by atoms with Crippen molar-refractivity contribution in [1.82, 2.24) is 14.9 Å². The molecule has 0 radical (unpaired) electrons. The first kappa shape index (κ1) is 16.7. The number of halogens is 3. The Balaban J connectivity index is 1.86. The molecule has 0 saturated carbocycles. The average Bonchev–Trinajstić information content (AvgIpc) is 2.92.